The van der Waals surface area contributed by atoms with Crippen LogP contribution in [0.3, 0.4) is 0 Å². The number of hydrogen-bond acceptors (Lipinski definition) is 5. The van der Waals surface area contributed by atoms with Crippen LogP contribution < -0.4 is 4.90 Å². The lowest BCUT2D eigenvalue weighted by atomic mass is 9.97. The van der Waals surface area contributed by atoms with Crippen molar-refractivity contribution in [3.63, 3.8) is 0 Å². The van der Waals surface area contributed by atoms with Gasteiger partial charge in [-0.25, -0.2) is 9.37 Å². The van der Waals surface area contributed by atoms with Gasteiger partial charge in [-0.3, -0.25) is 9.80 Å². The second kappa shape index (κ2) is 10.8. The second-order valence-electron chi connectivity index (χ2n) is 8.80. The molecule has 1 N–H and O–H groups in total. The Labute approximate surface area is 203 Å². The van der Waals surface area contributed by atoms with Gasteiger partial charge < -0.3 is 10.0 Å². The van der Waals surface area contributed by atoms with Gasteiger partial charge in [-0.15, -0.1) is 0 Å². The van der Waals surface area contributed by atoms with Gasteiger partial charge in [0.2, 0.25) is 0 Å². The van der Waals surface area contributed by atoms with Crippen LogP contribution in [0.5, 0.6) is 0 Å². The number of benzene rings is 1. The third-order valence-electron chi connectivity index (χ3n) is 6.80. The highest BCUT2D eigenvalue weighted by Gasteiger charge is 2.34. The molecule has 0 aliphatic carbocycles. The Kier molecular flexibility index (Phi) is 8.05. The number of piperazine rings is 1. The molecule has 0 unspecified atom stereocenters. The van der Waals surface area contributed by atoms with Gasteiger partial charge >= 0.3 is 0 Å². The lowest BCUT2D eigenvalue weighted by Gasteiger charge is -2.47. The number of rotatable bonds is 6. The first-order valence-corrected chi connectivity index (χ1v) is 12.6. The van der Waals surface area contributed by atoms with Crippen molar-refractivity contribution in [3.05, 3.63) is 56.9 Å². The van der Waals surface area contributed by atoms with Crippen molar-refractivity contribution in [1.29, 1.82) is 0 Å². The quantitative estimate of drug-likeness (QED) is 0.593. The number of nitrogens with zero attached hydrogens (tertiary/aromatic N) is 4. The highest BCUT2D eigenvalue weighted by molar-refractivity contribution is 9.10. The van der Waals surface area contributed by atoms with E-state index in [0.717, 1.165) is 73.4 Å². The Morgan fingerprint density at radius 3 is 2.62 bits per heavy atom. The fourth-order valence-corrected chi connectivity index (χ4v) is 5.64. The van der Waals surface area contributed by atoms with Crippen LogP contribution in [-0.4, -0.2) is 64.7 Å². The topological polar surface area (TPSA) is 42.8 Å². The molecule has 174 valence electrons. The maximum atomic E-state index is 14.2. The predicted octanol–water partition coefficient (Wildman–Crippen LogP) is 4.69. The molecule has 2 fully saturated rings. The van der Waals surface area contributed by atoms with Crippen molar-refractivity contribution in [3.8, 4) is 0 Å². The lowest BCUT2D eigenvalue weighted by molar-refractivity contribution is 0.0607. The number of halogens is 3. The van der Waals surface area contributed by atoms with Crippen molar-refractivity contribution < 1.29 is 9.50 Å². The summed E-state index contributed by atoms with van der Waals surface area (Å²) in [6.45, 7) is 7.65. The first-order chi connectivity index (χ1) is 15.5. The lowest BCUT2D eigenvalue weighted by Crippen LogP contribution is -2.58. The zero-order valence-corrected chi connectivity index (χ0v) is 20.8. The molecule has 2 aliphatic heterocycles. The van der Waals surface area contributed by atoms with Gasteiger partial charge in [0.05, 0.1) is 11.6 Å². The average Bonchev–Trinajstić information content (AvgIpc) is 2.81. The third kappa shape index (κ3) is 5.45. The summed E-state index contributed by atoms with van der Waals surface area (Å²) in [5.41, 5.74) is 1.50. The Morgan fingerprint density at radius 1 is 1.19 bits per heavy atom. The average molecular weight is 526 g/mol. The van der Waals surface area contributed by atoms with Crippen LogP contribution >= 0.6 is 27.5 Å². The summed E-state index contributed by atoms with van der Waals surface area (Å²) in [6, 6.07) is 8.17. The maximum Gasteiger partial charge on any atom is 0.147 e. The molecular formula is C24H31BrClFN4O. The van der Waals surface area contributed by atoms with E-state index in [1.54, 1.807) is 18.3 Å². The molecule has 2 aromatic rings. The minimum atomic E-state index is -0.136. The van der Waals surface area contributed by atoms with Crippen molar-refractivity contribution >= 4 is 33.3 Å². The molecule has 1 aromatic carbocycles. The van der Waals surface area contributed by atoms with E-state index in [0.29, 0.717) is 23.7 Å². The fraction of sp³-hybridized carbons (Fsp3) is 0.542. The van der Waals surface area contributed by atoms with Crippen LogP contribution in [0, 0.1) is 5.82 Å². The molecule has 0 spiro atoms. The van der Waals surface area contributed by atoms with Crippen LogP contribution in [0.15, 0.2) is 34.9 Å². The zero-order chi connectivity index (χ0) is 22.7. The van der Waals surface area contributed by atoms with Crippen LogP contribution in [0.2, 0.25) is 5.02 Å². The summed E-state index contributed by atoms with van der Waals surface area (Å²) < 4.78 is 15.0. The van der Waals surface area contributed by atoms with E-state index >= 15 is 0 Å². The van der Waals surface area contributed by atoms with Crippen LogP contribution in [0.4, 0.5) is 10.2 Å². The van der Waals surface area contributed by atoms with Gasteiger partial charge in [-0.05, 0) is 56.1 Å². The summed E-state index contributed by atoms with van der Waals surface area (Å²) in [4.78, 5) is 11.8. The van der Waals surface area contributed by atoms with Crippen molar-refractivity contribution in [1.82, 2.24) is 14.8 Å². The fourth-order valence-electron chi connectivity index (χ4n) is 5.00. The Morgan fingerprint density at radius 2 is 1.97 bits per heavy atom. The Hall–Kier alpha value is -1.25. The smallest absolute Gasteiger partial charge is 0.147 e. The molecular weight excluding hydrogens is 495 g/mol. The van der Waals surface area contributed by atoms with E-state index in [2.05, 4.69) is 42.5 Å². The molecule has 1 atom stereocenters. The van der Waals surface area contributed by atoms with Crippen molar-refractivity contribution in [2.24, 2.45) is 0 Å². The van der Waals surface area contributed by atoms with E-state index in [1.165, 1.54) is 0 Å². The molecule has 4 rings (SSSR count). The maximum absolute atomic E-state index is 14.2. The molecule has 2 saturated heterocycles. The molecule has 2 aliphatic rings. The number of likely N-dealkylation sites (tertiary alicyclic amines) is 1. The van der Waals surface area contributed by atoms with Gasteiger partial charge in [0.25, 0.3) is 0 Å². The first kappa shape index (κ1) is 23.9. The van der Waals surface area contributed by atoms with Gasteiger partial charge in [-0.1, -0.05) is 40.5 Å². The minimum absolute atomic E-state index is 0.0501. The van der Waals surface area contributed by atoms with Gasteiger partial charge in [0, 0.05) is 54.5 Å². The van der Waals surface area contributed by atoms with Crippen LogP contribution in [0.1, 0.15) is 37.3 Å². The predicted molar refractivity (Wildman–Crippen MR) is 131 cm³/mol. The summed E-state index contributed by atoms with van der Waals surface area (Å²) in [5, 5.41) is 9.91. The van der Waals surface area contributed by atoms with E-state index in [-0.39, 0.29) is 12.4 Å². The van der Waals surface area contributed by atoms with Gasteiger partial charge in [0.15, 0.2) is 0 Å². The summed E-state index contributed by atoms with van der Waals surface area (Å²) in [5.74, 6) is 0.677. The Bertz CT molecular complexity index is 925. The van der Waals surface area contributed by atoms with Crippen molar-refractivity contribution in [2.75, 3.05) is 37.6 Å². The number of aliphatic hydroxyl groups is 1. The van der Waals surface area contributed by atoms with Crippen molar-refractivity contribution in [2.45, 2.75) is 51.4 Å². The molecule has 0 saturated carbocycles. The number of piperidine rings is 1. The molecule has 0 radical (unpaired) electrons. The highest BCUT2D eigenvalue weighted by Crippen LogP contribution is 2.30. The molecule has 0 bridgehead atoms. The number of aliphatic hydroxyl groups excluding tert-OH is 1. The second-order valence-corrected chi connectivity index (χ2v) is 10.1. The number of aromatic nitrogens is 1. The zero-order valence-electron chi connectivity index (χ0n) is 18.5. The van der Waals surface area contributed by atoms with Gasteiger partial charge in [0.1, 0.15) is 11.6 Å². The third-order valence-corrected chi connectivity index (χ3v) is 7.57. The van der Waals surface area contributed by atoms with Crippen LogP contribution in [0.25, 0.3) is 0 Å². The largest absolute Gasteiger partial charge is 0.392 e. The van der Waals surface area contributed by atoms with Crippen LogP contribution in [-0.2, 0) is 13.2 Å². The summed E-state index contributed by atoms with van der Waals surface area (Å²) >= 11 is 9.79. The summed E-state index contributed by atoms with van der Waals surface area (Å²) in [7, 11) is 0. The Balaban J connectivity index is 1.34. The SMILES string of the molecule is CC[C@H]1CN(c2ncc(CO)cc2Cl)CCN1C1CCN(Cc2ccc(Br)cc2F)CC1. The number of pyridine rings is 1. The van der Waals surface area contributed by atoms with E-state index in [4.69, 9.17) is 11.6 Å². The van der Waals surface area contributed by atoms with Gasteiger partial charge in [-0.2, -0.15) is 0 Å². The normalized spacial score (nSPS) is 21.3. The molecule has 0 amide bonds. The molecule has 8 heteroatoms. The first-order valence-electron chi connectivity index (χ1n) is 11.4. The van der Waals surface area contributed by atoms with E-state index in [9.17, 15) is 9.50 Å². The molecule has 5 nitrogen and oxygen atoms in total. The monoisotopic (exact) mass is 524 g/mol. The van der Waals surface area contributed by atoms with E-state index < -0.39 is 0 Å². The number of hydrogen-bond donors (Lipinski definition) is 1. The molecule has 3 heterocycles. The van der Waals surface area contributed by atoms with E-state index in [1.807, 2.05) is 12.1 Å². The molecule has 32 heavy (non-hydrogen) atoms. The summed E-state index contributed by atoms with van der Waals surface area (Å²) in [6.07, 6.45) is 5.00. The highest BCUT2D eigenvalue weighted by atomic mass is 79.9. The standard InChI is InChI=1S/C24H31BrClFN4O/c1-2-20-15-30(24-22(26)11-17(16-32)13-28-24)9-10-31(20)21-5-7-29(8-6-21)14-18-3-4-19(25)12-23(18)27/h3-4,11-13,20-21,32H,2,5-10,14-16H2,1H3/t20-/m0/s1. The molecule has 1 aromatic heterocycles. The number of anilines is 1. The minimum Gasteiger partial charge on any atom is -0.392 e.